The van der Waals surface area contributed by atoms with Crippen LogP contribution in [0.5, 0.6) is 17.2 Å². The van der Waals surface area contributed by atoms with Gasteiger partial charge < -0.3 is 14.2 Å². The molecule has 0 saturated heterocycles. The number of H-pyrrole nitrogens is 1. The number of benzene rings is 1. The van der Waals surface area contributed by atoms with Gasteiger partial charge in [0, 0.05) is 16.5 Å². The number of nitrogens with zero attached hydrogens (tertiary/aromatic N) is 2. The molecule has 2 heterocycles. The van der Waals surface area contributed by atoms with Crippen molar-refractivity contribution in [3.63, 3.8) is 0 Å². The molecule has 1 amide bonds. The molecule has 0 aliphatic carbocycles. The highest BCUT2D eigenvalue weighted by molar-refractivity contribution is 7.15. The van der Waals surface area contributed by atoms with Crippen molar-refractivity contribution in [2.45, 2.75) is 6.92 Å². The third-order valence-corrected chi connectivity index (χ3v) is 4.96. The molecular weight excluding hydrogens is 380 g/mol. The van der Waals surface area contributed by atoms with E-state index in [0.29, 0.717) is 22.8 Å². The third-order valence-electron chi connectivity index (χ3n) is 3.92. The Bertz CT molecular complexity index is 1010. The fourth-order valence-corrected chi connectivity index (χ4v) is 3.35. The van der Waals surface area contributed by atoms with Gasteiger partial charge >= 0.3 is 0 Å². The summed E-state index contributed by atoms with van der Waals surface area (Å²) in [7, 11) is 4.62. The zero-order valence-electron chi connectivity index (χ0n) is 15.9. The van der Waals surface area contributed by atoms with E-state index >= 15 is 0 Å². The average molecular weight is 400 g/mol. The van der Waals surface area contributed by atoms with Crippen molar-refractivity contribution in [1.29, 1.82) is 0 Å². The molecule has 0 unspecified atom stereocenters. The number of aromatic amines is 1. The number of thiophene rings is 1. The van der Waals surface area contributed by atoms with Gasteiger partial charge in [-0.15, -0.1) is 11.3 Å². The number of hydrogen-bond donors (Lipinski definition) is 2. The summed E-state index contributed by atoms with van der Waals surface area (Å²) >= 11 is 1.62. The fourth-order valence-electron chi connectivity index (χ4n) is 2.51. The van der Waals surface area contributed by atoms with Gasteiger partial charge in [0.1, 0.15) is 5.75 Å². The SMILES string of the molecule is COc1cc(OC)c(OC)cc1/C=N\NC(=O)c1cc(-c2ccc(C)s2)[nH]n1. The lowest BCUT2D eigenvalue weighted by Crippen LogP contribution is -2.18. The third kappa shape index (κ3) is 4.15. The van der Waals surface area contributed by atoms with Gasteiger partial charge in [0.2, 0.25) is 0 Å². The van der Waals surface area contributed by atoms with Gasteiger partial charge in [-0.25, -0.2) is 5.43 Å². The summed E-state index contributed by atoms with van der Waals surface area (Å²) in [6.07, 6.45) is 1.47. The van der Waals surface area contributed by atoms with Crippen LogP contribution in [0.25, 0.3) is 10.6 Å². The molecule has 9 heteroatoms. The van der Waals surface area contributed by atoms with E-state index in [4.69, 9.17) is 14.2 Å². The van der Waals surface area contributed by atoms with E-state index in [-0.39, 0.29) is 5.69 Å². The predicted molar refractivity (Wildman–Crippen MR) is 108 cm³/mol. The Labute approximate surface area is 166 Å². The quantitative estimate of drug-likeness (QED) is 0.469. The number of ether oxygens (including phenoxy) is 3. The number of amides is 1. The van der Waals surface area contributed by atoms with Crippen LogP contribution in [-0.4, -0.2) is 43.6 Å². The van der Waals surface area contributed by atoms with Crippen LogP contribution in [0.2, 0.25) is 0 Å². The second-order valence-corrected chi connectivity index (χ2v) is 7.01. The summed E-state index contributed by atoms with van der Waals surface area (Å²) in [6, 6.07) is 9.08. The van der Waals surface area contributed by atoms with Crippen molar-refractivity contribution in [1.82, 2.24) is 15.6 Å². The molecule has 3 aromatic rings. The van der Waals surface area contributed by atoms with Crippen molar-refractivity contribution >= 4 is 23.5 Å². The Morgan fingerprint density at radius 2 is 1.82 bits per heavy atom. The summed E-state index contributed by atoms with van der Waals surface area (Å²) < 4.78 is 15.8. The van der Waals surface area contributed by atoms with E-state index in [0.717, 1.165) is 10.6 Å². The molecule has 0 spiro atoms. The van der Waals surface area contributed by atoms with Crippen molar-refractivity contribution in [2.75, 3.05) is 21.3 Å². The number of hydrazone groups is 1. The second kappa shape index (κ2) is 8.57. The molecule has 0 aliphatic rings. The molecule has 0 fully saturated rings. The van der Waals surface area contributed by atoms with Gasteiger partial charge in [0.25, 0.3) is 5.91 Å². The Balaban J connectivity index is 1.72. The lowest BCUT2D eigenvalue weighted by molar-refractivity contribution is 0.0950. The van der Waals surface area contributed by atoms with Crippen LogP contribution >= 0.6 is 11.3 Å². The molecule has 0 bridgehead atoms. The van der Waals surface area contributed by atoms with Crippen LogP contribution in [0.1, 0.15) is 20.9 Å². The molecular formula is C19H20N4O4S. The minimum absolute atomic E-state index is 0.248. The van der Waals surface area contributed by atoms with Crippen molar-refractivity contribution in [3.8, 4) is 27.8 Å². The molecule has 8 nitrogen and oxygen atoms in total. The van der Waals surface area contributed by atoms with E-state index in [1.165, 1.54) is 25.3 Å². The van der Waals surface area contributed by atoms with Gasteiger partial charge in [-0.2, -0.15) is 10.2 Å². The lowest BCUT2D eigenvalue weighted by Gasteiger charge is -2.11. The first kappa shape index (κ1) is 19.4. The van der Waals surface area contributed by atoms with Crippen LogP contribution in [0.3, 0.4) is 0 Å². The van der Waals surface area contributed by atoms with Crippen LogP contribution in [-0.2, 0) is 0 Å². The molecule has 0 atom stereocenters. The zero-order valence-corrected chi connectivity index (χ0v) is 16.7. The van der Waals surface area contributed by atoms with E-state index in [1.54, 1.807) is 36.6 Å². The Kier molecular flexibility index (Phi) is 5.95. The van der Waals surface area contributed by atoms with E-state index in [9.17, 15) is 4.79 Å². The first-order valence-electron chi connectivity index (χ1n) is 8.31. The smallest absolute Gasteiger partial charge is 0.291 e. The zero-order chi connectivity index (χ0) is 20.1. The summed E-state index contributed by atoms with van der Waals surface area (Å²) in [6.45, 7) is 2.02. The second-order valence-electron chi connectivity index (χ2n) is 5.73. The first-order valence-corrected chi connectivity index (χ1v) is 9.13. The standard InChI is InChI=1S/C19H20N4O4S/c1-11-5-6-18(28-11)13-8-14(22-21-13)19(24)23-20-10-12-7-16(26-3)17(27-4)9-15(12)25-2/h5-10H,1-4H3,(H,21,22)(H,23,24)/b20-10-. The van der Waals surface area contributed by atoms with Gasteiger partial charge in [-0.1, -0.05) is 0 Å². The molecule has 0 aliphatic heterocycles. The fraction of sp³-hybridized carbons (Fsp3) is 0.211. The average Bonchev–Trinajstić information content (AvgIpc) is 3.36. The van der Waals surface area contributed by atoms with Gasteiger partial charge in [0.05, 0.1) is 38.1 Å². The maximum atomic E-state index is 12.3. The highest BCUT2D eigenvalue weighted by Crippen LogP contribution is 2.33. The van der Waals surface area contributed by atoms with Crippen LogP contribution in [0.4, 0.5) is 0 Å². The van der Waals surface area contributed by atoms with Crippen molar-refractivity contribution in [2.24, 2.45) is 5.10 Å². The van der Waals surface area contributed by atoms with E-state index in [2.05, 4.69) is 20.7 Å². The molecule has 0 radical (unpaired) electrons. The maximum absolute atomic E-state index is 12.3. The van der Waals surface area contributed by atoms with E-state index in [1.807, 2.05) is 19.1 Å². The Morgan fingerprint density at radius 3 is 2.46 bits per heavy atom. The van der Waals surface area contributed by atoms with Crippen molar-refractivity contribution < 1.29 is 19.0 Å². The molecule has 1 aromatic carbocycles. The topological polar surface area (TPSA) is 97.8 Å². The summed E-state index contributed by atoms with van der Waals surface area (Å²) in [5, 5.41) is 10.9. The summed E-state index contributed by atoms with van der Waals surface area (Å²) in [5.41, 5.74) is 4.11. The predicted octanol–water partition coefficient (Wildman–Crippen LogP) is 3.24. The number of rotatable bonds is 7. The number of carbonyl (C=O) groups is 1. The van der Waals surface area contributed by atoms with Crippen LogP contribution in [0, 0.1) is 6.92 Å². The lowest BCUT2D eigenvalue weighted by atomic mass is 10.2. The molecule has 2 N–H and O–H groups in total. The van der Waals surface area contributed by atoms with Crippen LogP contribution < -0.4 is 19.6 Å². The highest BCUT2D eigenvalue weighted by Gasteiger charge is 2.13. The Hall–Kier alpha value is -3.33. The van der Waals surface area contributed by atoms with E-state index < -0.39 is 5.91 Å². The molecule has 28 heavy (non-hydrogen) atoms. The maximum Gasteiger partial charge on any atom is 0.291 e. The van der Waals surface area contributed by atoms with Gasteiger partial charge in [-0.05, 0) is 31.2 Å². The monoisotopic (exact) mass is 400 g/mol. The van der Waals surface area contributed by atoms with Gasteiger partial charge in [-0.3, -0.25) is 9.89 Å². The molecule has 146 valence electrons. The summed E-state index contributed by atoms with van der Waals surface area (Å²) in [4.78, 5) is 14.5. The number of hydrogen-bond acceptors (Lipinski definition) is 7. The minimum Gasteiger partial charge on any atom is -0.496 e. The number of nitrogens with one attached hydrogen (secondary N) is 2. The molecule has 3 rings (SSSR count). The Morgan fingerprint density at radius 1 is 1.11 bits per heavy atom. The minimum atomic E-state index is -0.425. The number of methoxy groups -OCH3 is 3. The molecule has 0 saturated carbocycles. The normalized spacial score (nSPS) is 10.9. The van der Waals surface area contributed by atoms with Gasteiger partial charge in [0.15, 0.2) is 17.2 Å². The summed E-state index contributed by atoms with van der Waals surface area (Å²) in [5.74, 6) is 1.17. The van der Waals surface area contributed by atoms with Crippen molar-refractivity contribution in [3.05, 3.63) is 46.5 Å². The van der Waals surface area contributed by atoms with Crippen LogP contribution in [0.15, 0.2) is 35.4 Å². The largest absolute Gasteiger partial charge is 0.496 e. The number of carbonyl (C=O) groups excluding carboxylic acids is 1. The highest BCUT2D eigenvalue weighted by atomic mass is 32.1. The molecule has 2 aromatic heterocycles. The number of aromatic nitrogens is 2. The first-order chi connectivity index (χ1) is 13.5. The number of aryl methyl sites for hydroxylation is 1.